The molecule has 1 heterocycles. The molecule has 0 spiro atoms. The molecule has 1 aliphatic rings. The fraction of sp³-hybridized carbons (Fsp3) is 0.278. The molecule has 0 aromatic heterocycles. The average molecular weight is 314 g/mol. The van der Waals surface area contributed by atoms with Crippen molar-refractivity contribution in [2.24, 2.45) is 0 Å². The number of Topliss-reactive ketones (excluding diaryl/α,β-unsaturated/α-hetero) is 1. The zero-order chi connectivity index (χ0) is 16.4. The summed E-state index contributed by atoms with van der Waals surface area (Å²) in [5, 5.41) is 10.8. The van der Waals surface area contributed by atoms with Gasteiger partial charge in [0.05, 0.1) is 19.8 Å². The van der Waals surface area contributed by atoms with Crippen LogP contribution >= 0.6 is 0 Å². The minimum absolute atomic E-state index is 0.0853. The highest BCUT2D eigenvalue weighted by Gasteiger charge is 2.42. The van der Waals surface area contributed by atoms with Crippen LogP contribution in [0.15, 0.2) is 42.5 Å². The second-order valence-corrected chi connectivity index (χ2v) is 5.54. The van der Waals surface area contributed by atoms with Gasteiger partial charge < -0.3 is 19.3 Å². The van der Waals surface area contributed by atoms with Crippen molar-refractivity contribution in [1.29, 1.82) is 0 Å². The lowest BCUT2D eigenvalue weighted by molar-refractivity contribution is -0.00199. The molecule has 120 valence electrons. The Labute approximate surface area is 134 Å². The van der Waals surface area contributed by atoms with E-state index in [0.717, 1.165) is 11.3 Å². The number of methoxy groups -OCH3 is 2. The van der Waals surface area contributed by atoms with Gasteiger partial charge in [0.1, 0.15) is 23.9 Å². The number of benzene rings is 2. The summed E-state index contributed by atoms with van der Waals surface area (Å²) in [6, 6.07) is 12.2. The number of carbonyl (C=O) groups is 1. The van der Waals surface area contributed by atoms with E-state index in [-0.39, 0.29) is 18.8 Å². The molecule has 0 amide bonds. The first-order valence-corrected chi connectivity index (χ1v) is 7.27. The van der Waals surface area contributed by atoms with Gasteiger partial charge >= 0.3 is 0 Å². The number of hydrogen-bond acceptors (Lipinski definition) is 5. The van der Waals surface area contributed by atoms with Gasteiger partial charge in [0, 0.05) is 12.5 Å². The molecular weight excluding hydrogens is 296 g/mol. The summed E-state index contributed by atoms with van der Waals surface area (Å²) in [6.45, 7) is -0.0853. The lowest BCUT2D eigenvalue weighted by atomic mass is 9.85. The molecule has 5 heteroatoms. The van der Waals surface area contributed by atoms with Crippen LogP contribution in [0.1, 0.15) is 15.9 Å². The van der Waals surface area contributed by atoms with Gasteiger partial charge in [-0.25, -0.2) is 0 Å². The van der Waals surface area contributed by atoms with Gasteiger partial charge in [-0.05, 0) is 29.8 Å². The van der Waals surface area contributed by atoms with Gasteiger partial charge in [-0.15, -0.1) is 0 Å². The lowest BCUT2D eigenvalue weighted by Gasteiger charge is -2.32. The first-order valence-electron chi connectivity index (χ1n) is 7.27. The van der Waals surface area contributed by atoms with Crippen LogP contribution in [-0.2, 0) is 6.42 Å². The summed E-state index contributed by atoms with van der Waals surface area (Å²) in [5.41, 5.74) is -0.369. The van der Waals surface area contributed by atoms with Gasteiger partial charge in [-0.1, -0.05) is 12.1 Å². The van der Waals surface area contributed by atoms with Crippen molar-refractivity contribution in [3.05, 3.63) is 53.6 Å². The van der Waals surface area contributed by atoms with Gasteiger partial charge in [0.25, 0.3) is 0 Å². The van der Waals surface area contributed by atoms with Crippen LogP contribution in [0.25, 0.3) is 0 Å². The Bertz CT molecular complexity index is 723. The molecule has 5 nitrogen and oxygen atoms in total. The summed E-state index contributed by atoms with van der Waals surface area (Å²) in [5.74, 6) is 1.44. The molecule has 0 fully saturated rings. The second kappa shape index (κ2) is 5.93. The molecule has 0 bridgehead atoms. The maximum atomic E-state index is 12.7. The zero-order valence-corrected chi connectivity index (χ0v) is 13.0. The summed E-state index contributed by atoms with van der Waals surface area (Å²) >= 11 is 0. The highest BCUT2D eigenvalue weighted by atomic mass is 16.5. The standard InChI is InChI=1S/C18H18O5/c1-21-13-5-3-12(4-6-13)10-18(20)11-23-16-9-14(22-2)7-8-15(16)17(18)19/h3-9,20H,10-11H2,1-2H3/t18-/m1/s1. The van der Waals surface area contributed by atoms with E-state index in [2.05, 4.69) is 0 Å². The van der Waals surface area contributed by atoms with Crippen LogP contribution in [0, 0.1) is 0 Å². The van der Waals surface area contributed by atoms with Crippen molar-refractivity contribution in [3.63, 3.8) is 0 Å². The number of rotatable bonds is 4. The number of hydrogen-bond donors (Lipinski definition) is 1. The molecule has 1 N–H and O–H groups in total. The number of fused-ring (bicyclic) bond motifs is 1. The SMILES string of the molecule is COc1ccc(C[C@@]2(O)COc3cc(OC)ccc3C2=O)cc1. The minimum Gasteiger partial charge on any atom is -0.497 e. The molecule has 0 saturated heterocycles. The van der Waals surface area contributed by atoms with Crippen LogP contribution in [0.4, 0.5) is 0 Å². The van der Waals surface area contributed by atoms with Gasteiger partial charge in [-0.2, -0.15) is 0 Å². The molecule has 1 atom stereocenters. The molecular formula is C18H18O5. The zero-order valence-electron chi connectivity index (χ0n) is 13.0. The monoisotopic (exact) mass is 314 g/mol. The fourth-order valence-corrected chi connectivity index (χ4v) is 2.66. The van der Waals surface area contributed by atoms with Crippen LogP contribution in [-0.4, -0.2) is 37.3 Å². The van der Waals surface area contributed by atoms with E-state index in [0.29, 0.717) is 17.1 Å². The van der Waals surface area contributed by atoms with Crippen LogP contribution in [0.2, 0.25) is 0 Å². The number of aliphatic hydroxyl groups is 1. The smallest absolute Gasteiger partial charge is 0.201 e. The summed E-state index contributed by atoms with van der Waals surface area (Å²) in [6.07, 6.45) is 0.182. The van der Waals surface area contributed by atoms with Gasteiger partial charge in [0.2, 0.25) is 5.78 Å². The molecule has 0 radical (unpaired) electrons. The molecule has 2 aromatic rings. The molecule has 0 aliphatic carbocycles. The Hall–Kier alpha value is -2.53. The summed E-state index contributed by atoms with van der Waals surface area (Å²) < 4.78 is 15.8. The first-order chi connectivity index (χ1) is 11.1. The molecule has 3 rings (SSSR count). The van der Waals surface area contributed by atoms with E-state index >= 15 is 0 Å². The average Bonchev–Trinajstić information content (AvgIpc) is 2.59. The van der Waals surface area contributed by atoms with E-state index in [1.807, 2.05) is 12.1 Å². The van der Waals surface area contributed by atoms with Crippen molar-refractivity contribution in [2.75, 3.05) is 20.8 Å². The minimum atomic E-state index is -1.57. The summed E-state index contributed by atoms with van der Waals surface area (Å²) in [4.78, 5) is 12.7. The van der Waals surface area contributed by atoms with E-state index in [1.54, 1.807) is 44.6 Å². The maximum Gasteiger partial charge on any atom is 0.201 e. The third-order valence-corrected chi connectivity index (χ3v) is 3.98. The third-order valence-electron chi connectivity index (χ3n) is 3.98. The van der Waals surface area contributed by atoms with E-state index in [1.165, 1.54) is 0 Å². The van der Waals surface area contributed by atoms with Crippen LogP contribution in [0.5, 0.6) is 17.2 Å². The number of ketones is 1. The largest absolute Gasteiger partial charge is 0.497 e. The summed E-state index contributed by atoms with van der Waals surface area (Å²) in [7, 11) is 3.14. The van der Waals surface area contributed by atoms with Gasteiger partial charge in [0.15, 0.2) is 5.60 Å². The van der Waals surface area contributed by atoms with E-state index in [9.17, 15) is 9.90 Å². The molecule has 1 aliphatic heterocycles. The number of ether oxygens (including phenoxy) is 3. The highest BCUT2D eigenvalue weighted by Crippen LogP contribution is 2.34. The molecule has 23 heavy (non-hydrogen) atoms. The van der Waals surface area contributed by atoms with Crippen LogP contribution < -0.4 is 14.2 Å². The van der Waals surface area contributed by atoms with Crippen molar-refractivity contribution in [3.8, 4) is 17.2 Å². The lowest BCUT2D eigenvalue weighted by Crippen LogP contribution is -2.49. The van der Waals surface area contributed by atoms with Crippen molar-refractivity contribution in [1.82, 2.24) is 0 Å². The van der Waals surface area contributed by atoms with Gasteiger partial charge in [-0.3, -0.25) is 4.79 Å². The molecule has 0 unspecified atom stereocenters. The van der Waals surface area contributed by atoms with Crippen molar-refractivity contribution < 1.29 is 24.1 Å². The van der Waals surface area contributed by atoms with Crippen molar-refractivity contribution >= 4 is 5.78 Å². The Morgan fingerprint density at radius 2 is 1.74 bits per heavy atom. The fourth-order valence-electron chi connectivity index (χ4n) is 2.66. The Morgan fingerprint density at radius 3 is 2.39 bits per heavy atom. The van der Waals surface area contributed by atoms with E-state index < -0.39 is 5.60 Å². The highest BCUT2D eigenvalue weighted by molar-refractivity contribution is 6.05. The Balaban J connectivity index is 1.85. The Kier molecular flexibility index (Phi) is 3.96. The first kappa shape index (κ1) is 15.4. The predicted molar refractivity (Wildman–Crippen MR) is 84.5 cm³/mol. The quantitative estimate of drug-likeness (QED) is 0.937. The maximum absolute atomic E-state index is 12.7. The predicted octanol–water partition coefficient (Wildman–Crippen LogP) is 2.25. The van der Waals surface area contributed by atoms with E-state index in [4.69, 9.17) is 14.2 Å². The second-order valence-electron chi connectivity index (χ2n) is 5.54. The molecule has 0 saturated carbocycles. The number of carbonyl (C=O) groups excluding carboxylic acids is 1. The third kappa shape index (κ3) is 2.87. The van der Waals surface area contributed by atoms with Crippen LogP contribution in [0.3, 0.4) is 0 Å². The topological polar surface area (TPSA) is 65.0 Å². The molecule has 2 aromatic carbocycles. The normalized spacial score (nSPS) is 19.7. The van der Waals surface area contributed by atoms with Crippen molar-refractivity contribution in [2.45, 2.75) is 12.0 Å². The Morgan fingerprint density at radius 1 is 1.09 bits per heavy atom.